The third-order valence-corrected chi connectivity index (χ3v) is 7.33. The van der Waals surface area contributed by atoms with Crippen molar-refractivity contribution < 1.29 is 9.53 Å². The van der Waals surface area contributed by atoms with E-state index in [1.165, 1.54) is 5.56 Å². The molecule has 6 nitrogen and oxygen atoms in total. The molecule has 2 fully saturated rings. The Bertz CT molecular complexity index is 1100. The third kappa shape index (κ3) is 4.36. The number of piperazine rings is 1. The molecule has 2 aliphatic heterocycles. The molecule has 166 valence electrons. The number of aromatic nitrogens is 1. The number of para-hydroxylation sites is 1. The van der Waals surface area contributed by atoms with Crippen LogP contribution in [-0.2, 0) is 4.79 Å². The lowest BCUT2D eigenvalue weighted by Crippen LogP contribution is -2.58. The number of nitrogens with zero attached hydrogens (tertiary/aromatic N) is 4. The molecule has 2 saturated heterocycles. The maximum Gasteiger partial charge on any atom is 0.229 e. The van der Waals surface area contributed by atoms with Crippen LogP contribution in [0.2, 0.25) is 0 Å². The molecule has 0 unspecified atom stereocenters. The van der Waals surface area contributed by atoms with E-state index in [1.54, 1.807) is 18.4 Å². The summed E-state index contributed by atoms with van der Waals surface area (Å²) in [6.07, 6.45) is 4.38. The van der Waals surface area contributed by atoms with Crippen molar-refractivity contribution in [3.05, 3.63) is 60.2 Å². The Kier molecular flexibility index (Phi) is 6.10. The number of hydrogen-bond donors (Lipinski definition) is 0. The van der Waals surface area contributed by atoms with Gasteiger partial charge in [-0.2, -0.15) is 0 Å². The predicted molar refractivity (Wildman–Crippen MR) is 130 cm³/mol. The summed E-state index contributed by atoms with van der Waals surface area (Å²) in [4.78, 5) is 24.4. The quantitative estimate of drug-likeness (QED) is 0.577. The molecule has 32 heavy (non-hydrogen) atoms. The molecule has 2 aliphatic rings. The van der Waals surface area contributed by atoms with E-state index in [9.17, 15) is 4.79 Å². The van der Waals surface area contributed by atoms with Crippen LogP contribution in [0.15, 0.2) is 54.6 Å². The van der Waals surface area contributed by atoms with Crippen LogP contribution in [-0.4, -0.2) is 73.6 Å². The summed E-state index contributed by atoms with van der Waals surface area (Å²) in [5.41, 5.74) is 2.13. The van der Waals surface area contributed by atoms with Crippen molar-refractivity contribution in [2.24, 2.45) is 5.92 Å². The third-order valence-electron chi connectivity index (χ3n) is 6.25. The Morgan fingerprint density at radius 3 is 2.62 bits per heavy atom. The summed E-state index contributed by atoms with van der Waals surface area (Å²) in [5, 5.41) is 0.976. The predicted octanol–water partition coefficient (Wildman–Crippen LogP) is 3.60. The van der Waals surface area contributed by atoms with Gasteiger partial charge in [0.25, 0.3) is 0 Å². The van der Waals surface area contributed by atoms with Gasteiger partial charge in [-0.3, -0.25) is 9.69 Å². The topological polar surface area (TPSA) is 48.9 Å². The van der Waals surface area contributed by atoms with E-state index in [4.69, 9.17) is 9.72 Å². The lowest BCUT2D eigenvalue weighted by Gasteiger charge is -2.42. The van der Waals surface area contributed by atoms with Crippen LogP contribution in [0.1, 0.15) is 5.56 Å². The zero-order valence-corrected chi connectivity index (χ0v) is 19.1. The fraction of sp³-hybridized carbons (Fsp3) is 0.360. The molecule has 1 aromatic heterocycles. The summed E-state index contributed by atoms with van der Waals surface area (Å²) in [7, 11) is 1.67. The highest BCUT2D eigenvalue weighted by Crippen LogP contribution is 2.36. The number of methoxy groups -OCH3 is 1. The van der Waals surface area contributed by atoms with Gasteiger partial charge in [-0.1, -0.05) is 59.9 Å². The SMILES string of the molecule is COc1cccc2sc(N3CC(C(=O)N4CCN(C/C=C/c5ccccc5)CC4)C3)nc12. The number of hydrogen-bond acceptors (Lipinski definition) is 6. The van der Waals surface area contributed by atoms with Gasteiger partial charge in [-0.25, -0.2) is 4.98 Å². The van der Waals surface area contributed by atoms with Crippen LogP contribution < -0.4 is 9.64 Å². The Labute approximate surface area is 192 Å². The minimum absolute atomic E-state index is 0.0773. The van der Waals surface area contributed by atoms with Gasteiger partial charge in [0, 0.05) is 45.8 Å². The molecule has 7 heteroatoms. The van der Waals surface area contributed by atoms with Crippen LogP contribution >= 0.6 is 11.3 Å². The second kappa shape index (κ2) is 9.30. The van der Waals surface area contributed by atoms with Gasteiger partial charge < -0.3 is 14.5 Å². The Hall–Kier alpha value is -2.90. The molecule has 0 radical (unpaired) electrons. The van der Waals surface area contributed by atoms with Crippen molar-refractivity contribution in [2.75, 3.05) is 57.8 Å². The summed E-state index contributed by atoms with van der Waals surface area (Å²) >= 11 is 1.66. The summed E-state index contributed by atoms with van der Waals surface area (Å²) in [6, 6.07) is 16.4. The Morgan fingerprint density at radius 2 is 1.88 bits per heavy atom. The van der Waals surface area contributed by atoms with Crippen LogP contribution in [0.25, 0.3) is 16.3 Å². The van der Waals surface area contributed by atoms with E-state index in [0.717, 1.165) is 66.9 Å². The molecule has 2 aromatic carbocycles. The van der Waals surface area contributed by atoms with Crippen molar-refractivity contribution in [3.63, 3.8) is 0 Å². The number of carbonyl (C=O) groups excluding carboxylic acids is 1. The van der Waals surface area contributed by atoms with Crippen LogP contribution in [0.4, 0.5) is 5.13 Å². The number of thiazole rings is 1. The lowest BCUT2D eigenvalue weighted by molar-refractivity contribution is -0.138. The van der Waals surface area contributed by atoms with Gasteiger partial charge in [0.2, 0.25) is 5.91 Å². The van der Waals surface area contributed by atoms with E-state index in [2.05, 4.69) is 52.3 Å². The van der Waals surface area contributed by atoms with Crippen LogP contribution in [0, 0.1) is 5.92 Å². The van der Waals surface area contributed by atoms with Crippen molar-refractivity contribution in [1.29, 1.82) is 0 Å². The van der Waals surface area contributed by atoms with E-state index in [1.807, 2.05) is 23.1 Å². The number of amides is 1. The van der Waals surface area contributed by atoms with Crippen molar-refractivity contribution in [2.45, 2.75) is 0 Å². The van der Waals surface area contributed by atoms with E-state index in [0.29, 0.717) is 5.91 Å². The van der Waals surface area contributed by atoms with Gasteiger partial charge in [0.15, 0.2) is 5.13 Å². The molecule has 0 spiro atoms. The smallest absolute Gasteiger partial charge is 0.229 e. The summed E-state index contributed by atoms with van der Waals surface area (Å²) in [5.74, 6) is 1.17. The molecule has 0 atom stereocenters. The van der Waals surface area contributed by atoms with Crippen molar-refractivity contribution in [3.8, 4) is 5.75 Å². The monoisotopic (exact) mass is 448 g/mol. The van der Waals surface area contributed by atoms with Crippen molar-refractivity contribution in [1.82, 2.24) is 14.8 Å². The average Bonchev–Trinajstić information content (AvgIpc) is 3.23. The van der Waals surface area contributed by atoms with Gasteiger partial charge in [0.05, 0.1) is 17.7 Å². The van der Waals surface area contributed by atoms with E-state index >= 15 is 0 Å². The number of anilines is 1. The Balaban J connectivity index is 1.09. The number of fused-ring (bicyclic) bond motifs is 1. The number of benzene rings is 2. The molecule has 0 saturated carbocycles. The first kappa shape index (κ1) is 21.0. The van der Waals surface area contributed by atoms with E-state index in [-0.39, 0.29) is 5.92 Å². The first-order chi connectivity index (χ1) is 15.7. The lowest BCUT2D eigenvalue weighted by atomic mass is 9.99. The highest BCUT2D eigenvalue weighted by Gasteiger charge is 2.37. The molecule has 1 amide bonds. The zero-order chi connectivity index (χ0) is 21.9. The molecule has 0 N–H and O–H groups in total. The molecular weight excluding hydrogens is 420 g/mol. The first-order valence-corrected chi connectivity index (χ1v) is 11.9. The normalized spacial score (nSPS) is 17.8. The Morgan fingerprint density at radius 1 is 1.09 bits per heavy atom. The van der Waals surface area contributed by atoms with Gasteiger partial charge in [-0.05, 0) is 17.7 Å². The van der Waals surface area contributed by atoms with Gasteiger partial charge in [0.1, 0.15) is 11.3 Å². The van der Waals surface area contributed by atoms with Crippen molar-refractivity contribution >= 4 is 38.7 Å². The highest BCUT2D eigenvalue weighted by atomic mass is 32.1. The maximum absolute atomic E-state index is 13.0. The molecule has 0 aliphatic carbocycles. The molecule has 3 aromatic rings. The summed E-state index contributed by atoms with van der Waals surface area (Å²) in [6.45, 7) is 5.91. The summed E-state index contributed by atoms with van der Waals surface area (Å²) < 4.78 is 6.54. The minimum atomic E-state index is 0.0773. The van der Waals surface area contributed by atoms with Gasteiger partial charge >= 0.3 is 0 Å². The van der Waals surface area contributed by atoms with Crippen LogP contribution in [0.3, 0.4) is 0 Å². The second-order valence-corrected chi connectivity index (χ2v) is 9.35. The van der Waals surface area contributed by atoms with E-state index < -0.39 is 0 Å². The molecule has 5 rings (SSSR count). The number of carbonyl (C=O) groups is 1. The number of rotatable bonds is 6. The van der Waals surface area contributed by atoms with Crippen LogP contribution in [0.5, 0.6) is 5.75 Å². The highest BCUT2D eigenvalue weighted by molar-refractivity contribution is 7.22. The average molecular weight is 449 g/mol. The fourth-order valence-electron chi connectivity index (χ4n) is 4.31. The maximum atomic E-state index is 13.0. The zero-order valence-electron chi connectivity index (χ0n) is 18.3. The molecular formula is C25H28N4O2S. The first-order valence-electron chi connectivity index (χ1n) is 11.1. The fourth-order valence-corrected chi connectivity index (χ4v) is 5.31. The minimum Gasteiger partial charge on any atom is -0.494 e. The second-order valence-electron chi connectivity index (χ2n) is 8.34. The molecule has 3 heterocycles. The largest absolute Gasteiger partial charge is 0.494 e. The number of ether oxygens (including phenoxy) is 1. The van der Waals surface area contributed by atoms with Gasteiger partial charge in [-0.15, -0.1) is 0 Å². The molecule has 0 bridgehead atoms. The standard InChI is InChI=1S/C25H28N4O2S/c1-31-21-10-5-11-22-23(21)26-25(32-22)29-17-20(18-29)24(30)28-15-13-27(14-16-28)12-6-9-19-7-3-2-4-8-19/h2-11,20H,12-18H2,1H3/b9-6+.